The highest BCUT2D eigenvalue weighted by Gasteiger charge is 2.33. The van der Waals surface area contributed by atoms with Crippen LogP contribution >= 0.6 is 0 Å². The van der Waals surface area contributed by atoms with Crippen LogP contribution in [0.25, 0.3) is 16.9 Å². The third kappa shape index (κ3) is 2.58. The molecule has 0 unspecified atom stereocenters. The molecule has 0 N–H and O–H groups in total. The fourth-order valence-corrected chi connectivity index (χ4v) is 2.81. The van der Waals surface area contributed by atoms with Crippen molar-refractivity contribution in [3.05, 3.63) is 52.8 Å². The topological polar surface area (TPSA) is 30.2 Å². The van der Waals surface area contributed by atoms with Crippen molar-refractivity contribution in [2.75, 3.05) is 0 Å². The fourth-order valence-electron chi connectivity index (χ4n) is 2.81. The molecule has 0 saturated heterocycles. The van der Waals surface area contributed by atoms with Gasteiger partial charge in [0.2, 0.25) is 0 Å². The minimum absolute atomic E-state index is 0.0819. The molecule has 6 heteroatoms. The second kappa shape index (κ2) is 5.37. The Morgan fingerprint density at radius 1 is 1.13 bits per heavy atom. The molecule has 0 aliphatic carbocycles. The summed E-state index contributed by atoms with van der Waals surface area (Å²) in [5.74, 6) is 0. The number of hydrogen-bond acceptors (Lipinski definition) is 2. The number of aromatic nitrogens is 3. The van der Waals surface area contributed by atoms with Gasteiger partial charge in [-0.25, -0.2) is 9.50 Å². The van der Waals surface area contributed by atoms with E-state index in [1.54, 1.807) is 16.6 Å². The van der Waals surface area contributed by atoms with E-state index in [2.05, 4.69) is 10.1 Å². The van der Waals surface area contributed by atoms with E-state index in [0.29, 0.717) is 17.8 Å². The number of aryl methyl sites for hydroxylation is 3. The maximum Gasteiger partial charge on any atom is 0.417 e. The van der Waals surface area contributed by atoms with Gasteiger partial charge >= 0.3 is 6.18 Å². The van der Waals surface area contributed by atoms with Gasteiger partial charge < -0.3 is 0 Å². The van der Waals surface area contributed by atoms with E-state index < -0.39 is 11.7 Å². The van der Waals surface area contributed by atoms with Crippen LogP contribution in [-0.2, 0) is 12.6 Å². The highest BCUT2D eigenvalue weighted by atomic mass is 19.4. The van der Waals surface area contributed by atoms with Gasteiger partial charge in [-0.1, -0.05) is 25.1 Å². The molecule has 0 aliphatic heterocycles. The van der Waals surface area contributed by atoms with Crippen molar-refractivity contribution in [1.82, 2.24) is 14.6 Å². The SMILES string of the molecule is CCc1c(C)nc2c(C)cc(-c3ccccc3C(F)(F)F)nn12. The summed E-state index contributed by atoms with van der Waals surface area (Å²) in [4.78, 5) is 4.47. The molecular weight excluding hydrogens is 303 g/mol. The number of rotatable bonds is 2. The molecule has 0 bridgehead atoms. The molecule has 0 radical (unpaired) electrons. The number of benzene rings is 1. The molecule has 120 valence electrons. The van der Waals surface area contributed by atoms with Gasteiger partial charge in [0.15, 0.2) is 5.65 Å². The fraction of sp³-hybridized carbons (Fsp3) is 0.294. The lowest BCUT2D eigenvalue weighted by Crippen LogP contribution is -2.09. The van der Waals surface area contributed by atoms with Gasteiger partial charge in [-0.05, 0) is 38.0 Å². The zero-order chi connectivity index (χ0) is 16.8. The Labute approximate surface area is 131 Å². The average molecular weight is 319 g/mol. The monoisotopic (exact) mass is 319 g/mol. The summed E-state index contributed by atoms with van der Waals surface area (Å²) in [6, 6.07) is 7.16. The predicted octanol–water partition coefficient (Wildman–Crippen LogP) is 4.59. The standard InChI is InChI=1S/C17H16F3N3/c1-4-15-11(3)21-16-10(2)9-14(22-23(15)16)12-7-5-6-8-13(12)17(18,19)20/h5-9H,4H2,1-3H3. The third-order valence-corrected chi connectivity index (χ3v) is 3.90. The van der Waals surface area contributed by atoms with Gasteiger partial charge in [0, 0.05) is 5.56 Å². The van der Waals surface area contributed by atoms with Crippen LogP contribution in [0.3, 0.4) is 0 Å². The average Bonchev–Trinajstić information content (AvgIpc) is 2.82. The summed E-state index contributed by atoms with van der Waals surface area (Å²) in [5.41, 5.74) is 2.95. The van der Waals surface area contributed by atoms with Crippen molar-refractivity contribution in [1.29, 1.82) is 0 Å². The van der Waals surface area contributed by atoms with Crippen LogP contribution in [-0.4, -0.2) is 14.6 Å². The Morgan fingerprint density at radius 3 is 2.48 bits per heavy atom. The van der Waals surface area contributed by atoms with Crippen LogP contribution in [0.15, 0.2) is 30.3 Å². The van der Waals surface area contributed by atoms with Crippen LogP contribution in [0.2, 0.25) is 0 Å². The van der Waals surface area contributed by atoms with E-state index in [9.17, 15) is 13.2 Å². The summed E-state index contributed by atoms with van der Waals surface area (Å²) in [6.45, 7) is 5.70. The van der Waals surface area contributed by atoms with Gasteiger partial charge in [0.1, 0.15) is 0 Å². The highest BCUT2D eigenvalue weighted by molar-refractivity contribution is 5.67. The number of nitrogens with zero attached hydrogens (tertiary/aromatic N) is 3. The highest BCUT2D eigenvalue weighted by Crippen LogP contribution is 2.36. The first-order valence-corrected chi connectivity index (χ1v) is 7.35. The largest absolute Gasteiger partial charge is 0.417 e. The van der Waals surface area contributed by atoms with Gasteiger partial charge in [-0.15, -0.1) is 0 Å². The summed E-state index contributed by atoms with van der Waals surface area (Å²) in [7, 11) is 0. The summed E-state index contributed by atoms with van der Waals surface area (Å²) >= 11 is 0. The first-order valence-electron chi connectivity index (χ1n) is 7.35. The van der Waals surface area contributed by atoms with Crippen LogP contribution in [0.5, 0.6) is 0 Å². The summed E-state index contributed by atoms with van der Waals surface area (Å²) in [5, 5.41) is 4.43. The molecule has 0 aliphatic rings. The van der Waals surface area contributed by atoms with Crippen molar-refractivity contribution in [2.45, 2.75) is 33.4 Å². The number of alkyl halides is 3. The van der Waals surface area contributed by atoms with E-state index in [1.165, 1.54) is 12.1 Å². The molecule has 2 aromatic heterocycles. The van der Waals surface area contributed by atoms with Crippen molar-refractivity contribution in [3.8, 4) is 11.3 Å². The normalized spacial score (nSPS) is 12.1. The van der Waals surface area contributed by atoms with Crippen LogP contribution in [0.4, 0.5) is 13.2 Å². The second-order valence-electron chi connectivity index (χ2n) is 5.49. The molecule has 0 spiro atoms. The molecule has 0 atom stereocenters. The maximum atomic E-state index is 13.3. The minimum Gasteiger partial charge on any atom is -0.232 e. The Balaban J connectivity index is 2.30. The Morgan fingerprint density at radius 2 is 1.83 bits per heavy atom. The summed E-state index contributed by atoms with van der Waals surface area (Å²) in [6.07, 6.45) is -3.70. The van der Waals surface area contributed by atoms with E-state index in [4.69, 9.17) is 0 Å². The first-order chi connectivity index (χ1) is 10.8. The Hall–Kier alpha value is -2.37. The van der Waals surface area contributed by atoms with Gasteiger partial charge in [-0.3, -0.25) is 0 Å². The number of fused-ring (bicyclic) bond motifs is 1. The maximum absolute atomic E-state index is 13.3. The summed E-state index contributed by atoms with van der Waals surface area (Å²) < 4.78 is 41.4. The molecule has 23 heavy (non-hydrogen) atoms. The Kier molecular flexibility index (Phi) is 3.62. The number of hydrogen-bond donors (Lipinski definition) is 0. The van der Waals surface area contributed by atoms with Crippen molar-refractivity contribution in [2.24, 2.45) is 0 Å². The van der Waals surface area contributed by atoms with Gasteiger partial charge in [0.25, 0.3) is 0 Å². The zero-order valence-corrected chi connectivity index (χ0v) is 13.1. The van der Waals surface area contributed by atoms with Crippen molar-refractivity contribution in [3.63, 3.8) is 0 Å². The predicted molar refractivity (Wildman–Crippen MR) is 82.3 cm³/mol. The molecule has 3 aromatic rings. The third-order valence-electron chi connectivity index (χ3n) is 3.90. The molecular formula is C17H16F3N3. The van der Waals surface area contributed by atoms with Crippen LogP contribution in [0.1, 0.15) is 29.4 Å². The number of imidazole rings is 1. The van der Waals surface area contributed by atoms with Crippen molar-refractivity contribution < 1.29 is 13.2 Å². The zero-order valence-electron chi connectivity index (χ0n) is 13.1. The van der Waals surface area contributed by atoms with Gasteiger partial charge in [0.05, 0.1) is 22.6 Å². The molecule has 0 fully saturated rings. The quantitative estimate of drug-likeness (QED) is 0.691. The van der Waals surface area contributed by atoms with E-state index in [1.807, 2.05) is 20.8 Å². The van der Waals surface area contributed by atoms with E-state index in [-0.39, 0.29) is 5.56 Å². The lowest BCUT2D eigenvalue weighted by Gasteiger charge is -2.13. The molecule has 1 aromatic carbocycles. The molecule has 3 rings (SSSR count). The van der Waals surface area contributed by atoms with Crippen molar-refractivity contribution >= 4 is 5.65 Å². The number of halogens is 3. The molecule has 3 nitrogen and oxygen atoms in total. The lowest BCUT2D eigenvalue weighted by molar-refractivity contribution is -0.137. The van der Waals surface area contributed by atoms with Gasteiger partial charge in [-0.2, -0.15) is 18.3 Å². The Bertz CT molecular complexity index is 879. The van der Waals surface area contributed by atoms with Crippen LogP contribution in [0, 0.1) is 13.8 Å². The molecule has 0 saturated carbocycles. The van der Waals surface area contributed by atoms with E-state index >= 15 is 0 Å². The smallest absolute Gasteiger partial charge is 0.232 e. The molecule has 2 heterocycles. The lowest BCUT2D eigenvalue weighted by atomic mass is 10.0. The molecule has 0 amide bonds. The van der Waals surface area contributed by atoms with E-state index in [0.717, 1.165) is 23.0 Å². The van der Waals surface area contributed by atoms with Crippen LogP contribution < -0.4 is 0 Å². The minimum atomic E-state index is -4.42. The second-order valence-corrected chi connectivity index (χ2v) is 5.49. The first kappa shape index (κ1) is 15.5.